The number of hydrogen-bond donors (Lipinski definition) is 1. The number of nitrogens with two attached hydrogens (primary N) is 1. The smallest absolute Gasteiger partial charge is 0.139 e. The number of ether oxygens (including phenoxy) is 1. The van der Waals surface area contributed by atoms with E-state index in [0.29, 0.717) is 16.3 Å². The minimum atomic E-state index is -0.406. The SMILES string of the molecule is CC(N)C(Oc1ccc(Cl)cc1)c1cccc(F)c1. The quantitative estimate of drug-likeness (QED) is 0.920. The van der Waals surface area contributed by atoms with E-state index in [2.05, 4.69) is 0 Å². The maximum Gasteiger partial charge on any atom is 0.139 e. The molecule has 0 bridgehead atoms. The van der Waals surface area contributed by atoms with Crippen LogP contribution < -0.4 is 10.5 Å². The second kappa shape index (κ2) is 6.04. The van der Waals surface area contributed by atoms with Crippen LogP contribution in [0.1, 0.15) is 18.6 Å². The van der Waals surface area contributed by atoms with Gasteiger partial charge in [-0.1, -0.05) is 23.7 Å². The Hall–Kier alpha value is -1.58. The van der Waals surface area contributed by atoms with Crippen LogP contribution >= 0.6 is 11.6 Å². The number of hydrogen-bond acceptors (Lipinski definition) is 2. The second-order valence-electron chi connectivity index (χ2n) is 4.41. The fraction of sp³-hybridized carbons (Fsp3) is 0.200. The lowest BCUT2D eigenvalue weighted by atomic mass is 10.0. The van der Waals surface area contributed by atoms with Gasteiger partial charge in [-0.15, -0.1) is 0 Å². The predicted molar refractivity (Wildman–Crippen MR) is 74.9 cm³/mol. The van der Waals surface area contributed by atoms with Crippen LogP contribution in [0, 0.1) is 5.82 Å². The summed E-state index contributed by atoms with van der Waals surface area (Å²) >= 11 is 5.82. The van der Waals surface area contributed by atoms with Crippen molar-refractivity contribution in [3.05, 3.63) is 64.9 Å². The lowest BCUT2D eigenvalue weighted by Gasteiger charge is -2.23. The molecule has 0 aromatic heterocycles. The van der Waals surface area contributed by atoms with Crippen molar-refractivity contribution >= 4 is 11.6 Å². The van der Waals surface area contributed by atoms with E-state index in [0.717, 1.165) is 0 Å². The average Bonchev–Trinajstić information content (AvgIpc) is 2.37. The summed E-state index contributed by atoms with van der Waals surface area (Å²) in [7, 11) is 0. The molecule has 2 unspecified atom stereocenters. The summed E-state index contributed by atoms with van der Waals surface area (Å²) in [5, 5.41) is 0.635. The highest BCUT2D eigenvalue weighted by molar-refractivity contribution is 6.30. The molecule has 0 saturated carbocycles. The highest BCUT2D eigenvalue weighted by Crippen LogP contribution is 2.25. The van der Waals surface area contributed by atoms with Crippen LogP contribution in [0.3, 0.4) is 0 Å². The zero-order valence-corrected chi connectivity index (χ0v) is 11.3. The summed E-state index contributed by atoms with van der Waals surface area (Å²) in [5.74, 6) is 0.346. The molecule has 0 fully saturated rings. The van der Waals surface area contributed by atoms with Crippen LogP contribution in [0.2, 0.25) is 5.02 Å². The topological polar surface area (TPSA) is 35.2 Å². The maximum atomic E-state index is 13.3. The summed E-state index contributed by atoms with van der Waals surface area (Å²) in [6, 6.07) is 13.0. The molecular formula is C15H15ClFNO. The van der Waals surface area contributed by atoms with Crippen molar-refractivity contribution in [3.8, 4) is 5.75 Å². The normalized spacial score (nSPS) is 13.9. The van der Waals surface area contributed by atoms with Crippen molar-refractivity contribution in [1.82, 2.24) is 0 Å². The first kappa shape index (κ1) is 13.8. The van der Waals surface area contributed by atoms with E-state index >= 15 is 0 Å². The van der Waals surface area contributed by atoms with Crippen LogP contribution in [0.5, 0.6) is 5.75 Å². The Morgan fingerprint density at radius 2 is 1.84 bits per heavy atom. The van der Waals surface area contributed by atoms with Gasteiger partial charge in [-0.25, -0.2) is 4.39 Å². The predicted octanol–water partition coefficient (Wildman–Crippen LogP) is 3.95. The Morgan fingerprint density at radius 3 is 2.42 bits per heavy atom. The summed E-state index contributed by atoms with van der Waals surface area (Å²) in [6.07, 6.45) is -0.406. The Kier molecular flexibility index (Phi) is 4.40. The Labute approximate surface area is 117 Å². The molecule has 0 aliphatic heterocycles. The first-order valence-electron chi connectivity index (χ1n) is 5.99. The van der Waals surface area contributed by atoms with E-state index < -0.39 is 6.10 Å². The third-order valence-corrected chi connectivity index (χ3v) is 2.98. The van der Waals surface area contributed by atoms with Crippen molar-refractivity contribution in [2.45, 2.75) is 19.1 Å². The molecule has 2 N–H and O–H groups in total. The summed E-state index contributed by atoms with van der Waals surface area (Å²) < 4.78 is 19.1. The largest absolute Gasteiger partial charge is 0.484 e. The molecule has 0 heterocycles. The molecule has 0 amide bonds. The van der Waals surface area contributed by atoms with E-state index in [1.165, 1.54) is 12.1 Å². The zero-order valence-electron chi connectivity index (χ0n) is 10.5. The van der Waals surface area contributed by atoms with Gasteiger partial charge in [0.2, 0.25) is 0 Å². The zero-order chi connectivity index (χ0) is 13.8. The molecule has 0 aliphatic rings. The standard InChI is InChI=1S/C15H15ClFNO/c1-10(18)15(11-3-2-4-13(17)9-11)19-14-7-5-12(16)6-8-14/h2-10,15H,18H2,1H3. The molecule has 4 heteroatoms. The fourth-order valence-electron chi connectivity index (χ4n) is 1.82. The molecule has 2 aromatic carbocycles. The van der Waals surface area contributed by atoms with Gasteiger partial charge in [-0.3, -0.25) is 0 Å². The maximum absolute atomic E-state index is 13.3. The molecule has 0 spiro atoms. The lowest BCUT2D eigenvalue weighted by molar-refractivity contribution is 0.180. The minimum Gasteiger partial charge on any atom is -0.484 e. The van der Waals surface area contributed by atoms with Gasteiger partial charge in [0.15, 0.2) is 0 Å². The van der Waals surface area contributed by atoms with Crippen LogP contribution in [0.25, 0.3) is 0 Å². The van der Waals surface area contributed by atoms with Crippen LogP contribution in [-0.2, 0) is 0 Å². The first-order chi connectivity index (χ1) is 9.06. The van der Waals surface area contributed by atoms with Crippen molar-refractivity contribution in [3.63, 3.8) is 0 Å². The third-order valence-electron chi connectivity index (χ3n) is 2.73. The van der Waals surface area contributed by atoms with Gasteiger partial charge in [0.25, 0.3) is 0 Å². The highest BCUT2D eigenvalue weighted by atomic mass is 35.5. The second-order valence-corrected chi connectivity index (χ2v) is 4.84. The number of benzene rings is 2. The Balaban J connectivity index is 2.23. The molecule has 100 valence electrons. The van der Waals surface area contributed by atoms with Crippen molar-refractivity contribution in [1.29, 1.82) is 0 Å². The van der Waals surface area contributed by atoms with E-state index in [9.17, 15) is 4.39 Å². The molecule has 2 aromatic rings. The van der Waals surface area contributed by atoms with Gasteiger partial charge < -0.3 is 10.5 Å². The van der Waals surface area contributed by atoms with Crippen LogP contribution in [0.4, 0.5) is 4.39 Å². The molecular weight excluding hydrogens is 265 g/mol. The molecule has 19 heavy (non-hydrogen) atoms. The Morgan fingerprint density at radius 1 is 1.16 bits per heavy atom. The first-order valence-corrected chi connectivity index (χ1v) is 6.37. The molecule has 2 rings (SSSR count). The van der Waals surface area contributed by atoms with E-state index in [-0.39, 0.29) is 11.9 Å². The van der Waals surface area contributed by atoms with Crippen molar-refractivity contribution in [2.24, 2.45) is 5.73 Å². The number of rotatable bonds is 4. The Bertz CT molecular complexity index is 542. The summed E-state index contributed by atoms with van der Waals surface area (Å²) in [4.78, 5) is 0. The van der Waals surface area contributed by atoms with Crippen molar-refractivity contribution < 1.29 is 9.13 Å². The molecule has 2 nitrogen and oxygen atoms in total. The summed E-state index contributed by atoms with van der Waals surface area (Å²) in [6.45, 7) is 1.82. The van der Waals surface area contributed by atoms with Gasteiger partial charge in [-0.2, -0.15) is 0 Å². The van der Waals surface area contributed by atoms with E-state index in [4.69, 9.17) is 22.1 Å². The monoisotopic (exact) mass is 279 g/mol. The van der Waals surface area contributed by atoms with Gasteiger partial charge in [0.1, 0.15) is 17.7 Å². The molecule has 0 saturated heterocycles. The highest BCUT2D eigenvalue weighted by Gasteiger charge is 2.18. The van der Waals surface area contributed by atoms with Crippen molar-refractivity contribution in [2.75, 3.05) is 0 Å². The third kappa shape index (κ3) is 3.69. The summed E-state index contributed by atoms with van der Waals surface area (Å²) in [5.41, 5.74) is 6.64. The van der Waals surface area contributed by atoms with Crippen LogP contribution in [0.15, 0.2) is 48.5 Å². The lowest BCUT2D eigenvalue weighted by Crippen LogP contribution is -2.29. The fourth-order valence-corrected chi connectivity index (χ4v) is 1.95. The minimum absolute atomic E-state index is 0.266. The molecule has 0 aliphatic carbocycles. The molecule has 2 atom stereocenters. The van der Waals surface area contributed by atoms with Gasteiger partial charge in [-0.05, 0) is 48.9 Å². The van der Waals surface area contributed by atoms with Gasteiger partial charge in [0, 0.05) is 11.1 Å². The van der Waals surface area contributed by atoms with E-state index in [1.54, 1.807) is 36.4 Å². The van der Waals surface area contributed by atoms with Gasteiger partial charge >= 0.3 is 0 Å². The van der Waals surface area contributed by atoms with Crippen LogP contribution in [-0.4, -0.2) is 6.04 Å². The average molecular weight is 280 g/mol. The van der Waals surface area contributed by atoms with E-state index in [1.807, 2.05) is 6.92 Å². The van der Waals surface area contributed by atoms with Gasteiger partial charge in [0.05, 0.1) is 0 Å². The molecule has 0 radical (unpaired) electrons. The number of halogens is 2.